The van der Waals surface area contributed by atoms with Crippen LogP contribution < -0.4 is 10.2 Å². The maximum atomic E-state index is 4.54. The number of rotatable bonds is 7. The molecule has 3 rings (SSSR count). The third-order valence-corrected chi connectivity index (χ3v) is 5.19. The molecule has 1 aromatic heterocycles. The molecule has 0 bridgehead atoms. The zero-order chi connectivity index (χ0) is 14.7. The molecule has 21 heavy (non-hydrogen) atoms. The Kier molecular flexibility index (Phi) is 4.56. The maximum absolute atomic E-state index is 4.54. The molecular weight excluding hydrogens is 278 g/mol. The first-order valence-corrected chi connectivity index (χ1v) is 8.61. The van der Waals surface area contributed by atoms with Gasteiger partial charge in [0, 0.05) is 42.7 Å². The minimum absolute atomic E-state index is 0.631. The highest BCUT2D eigenvalue weighted by Crippen LogP contribution is 2.40. The summed E-state index contributed by atoms with van der Waals surface area (Å²) in [4.78, 5) is 8.17. The molecule has 0 aliphatic heterocycles. The third kappa shape index (κ3) is 3.44. The summed E-state index contributed by atoms with van der Waals surface area (Å²) in [7, 11) is 0. The average molecular weight is 301 g/mol. The van der Waals surface area contributed by atoms with E-state index in [9.17, 15) is 0 Å². The van der Waals surface area contributed by atoms with Crippen LogP contribution in [0.15, 0.2) is 36.5 Å². The minimum atomic E-state index is 0.631. The topological polar surface area (TPSA) is 28.2 Å². The molecule has 1 fully saturated rings. The van der Waals surface area contributed by atoms with Gasteiger partial charge < -0.3 is 10.2 Å². The predicted molar refractivity (Wildman–Crippen MR) is 90.1 cm³/mol. The van der Waals surface area contributed by atoms with Crippen molar-refractivity contribution in [1.29, 1.82) is 0 Å². The van der Waals surface area contributed by atoms with Crippen molar-refractivity contribution in [3.05, 3.63) is 47.0 Å². The Labute approximate surface area is 131 Å². The van der Waals surface area contributed by atoms with Gasteiger partial charge in [-0.3, -0.25) is 0 Å². The number of hydrogen-bond donors (Lipinski definition) is 1. The molecule has 0 radical (unpaired) electrons. The number of nitrogens with one attached hydrogen (secondary N) is 1. The van der Waals surface area contributed by atoms with Gasteiger partial charge in [0.2, 0.25) is 0 Å². The highest BCUT2D eigenvalue weighted by Gasteiger charge is 2.37. The smallest absolute Gasteiger partial charge is 0.185 e. The van der Waals surface area contributed by atoms with Crippen LogP contribution >= 0.6 is 11.3 Å². The molecule has 0 amide bonds. The van der Waals surface area contributed by atoms with Gasteiger partial charge in [0.15, 0.2) is 5.13 Å². The first-order chi connectivity index (χ1) is 10.3. The van der Waals surface area contributed by atoms with Gasteiger partial charge in [0.1, 0.15) is 0 Å². The SMILES string of the molecule is CCN(CC)c1ncc(CNC2CC2c2ccccc2)s1. The van der Waals surface area contributed by atoms with Crippen molar-refractivity contribution in [3.63, 3.8) is 0 Å². The summed E-state index contributed by atoms with van der Waals surface area (Å²) >= 11 is 1.81. The lowest BCUT2D eigenvalue weighted by Crippen LogP contribution is -2.21. The van der Waals surface area contributed by atoms with E-state index in [0.29, 0.717) is 12.0 Å². The van der Waals surface area contributed by atoms with Crippen LogP contribution in [0.4, 0.5) is 5.13 Å². The second kappa shape index (κ2) is 6.58. The lowest BCUT2D eigenvalue weighted by atomic mass is 10.1. The monoisotopic (exact) mass is 301 g/mol. The van der Waals surface area contributed by atoms with Crippen molar-refractivity contribution >= 4 is 16.5 Å². The predicted octanol–water partition coefficient (Wildman–Crippen LogP) is 3.64. The van der Waals surface area contributed by atoms with Crippen LogP contribution in [0.1, 0.15) is 36.6 Å². The standard InChI is InChI=1S/C17H23N3S/c1-3-20(4-2)17-19-12-14(21-17)11-18-16-10-15(16)13-8-6-5-7-9-13/h5-9,12,15-16,18H,3-4,10-11H2,1-2H3. The van der Waals surface area contributed by atoms with Gasteiger partial charge in [-0.1, -0.05) is 30.3 Å². The van der Waals surface area contributed by atoms with Crippen LogP contribution in [0, 0.1) is 0 Å². The lowest BCUT2D eigenvalue weighted by Gasteiger charge is -2.16. The van der Waals surface area contributed by atoms with Crippen LogP contribution in [0.5, 0.6) is 0 Å². The van der Waals surface area contributed by atoms with Gasteiger partial charge in [-0.25, -0.2) is 4.98 Å². The Bertz CT molecular complexity index is 562. The molecule has 3 nitrogen and oxygen atoms in total. The van der Waals surface area contributed by atoms with Gasteiger partial charge >= 0.3 is 0 Å². The Morgan fingerprint density at radius 3 is 2.71 bits per heavy atom. The summed E-state index contributed by atoms with van der Waals surface area (Å²) < 4.78 is 0. The van der Waals surface area contributed by atoms with E-state index in [2.05, 4.69) is 59.4 Å². The molecule has 0 saturated heterocycles. The average Bonchev–Trinajstić information content (AvgIpc) is 3.17. The van der Waals surface area contributed by atoms with Gasteiger partial charge in [-0.2, -0.15) is 0 Å². The molecule has 1 heterocycles. The molecule has 0 spiro atoms. The summed E-state index contributed by atoms with van der Waals surface area (Å²) in [6.45, 7) is 7.34. The van der Waals surface area contributed by atoms with Gasteiger partial charge in [-0.05, 0) is 25.8 Å². The van der Waals surface area contributed by atoms with E-state index in [4.69, 9.17) is 0 Å². The van der Waals surface area contributed by atoms with E-state index < -0.39 is 0 Å². The van der Waals surface area contributed by atoms with E-state index >= 15 is 0 Å². The number of anilines is 1. The molecule has 1 aliphatic rings. The molecule has 112 valence electrons. The van der Waals surface area contributed by atoms with Crippen LogP contribution in [0.3, 0.4) is 0 Å². The molecule has 2 unspecified atom stereocenters. The van der Waals surface area contributed by atoms with E-state index in [1.54, 1.807) is 0 Å². The number of nitrogens with zero attached hydrogens (tertiary/aromatic N) is 2. The molecular formula is C17H23N3S. The summed E-state index contributed by atoms with van der Waals surface area (Å²) in [5, 5.41) is 4.81. The first kappa shape index (κ1) is 14.5. The van der Waals surface area contributed by atoms with Crippen molar-refractivity contribution in [1.82, 2.24) is 10.3 Å². The van der Waals surface area contributed by atoms with Crippen LogP contribution in [-0.2, 0) is 6.54 Å². The minimum Gasteiger partial charge on any atom is -0.349 e. The van der Waals surface area contributed by atoms with Gasteiger partial charge in [0.25, 0.3) is 0 Å². The quantitative estimate of drug-likeness (QED) is 0.846. The van der Waals surface area contributed by atoms with Crippen molar-refractivity contribution < 1.29 is 0 Å². The Hall–Kier alpha value is -1.39. The Morgan fingerprint density at radius 1 is 1.24 bits per heavy atom. The van der Waals surface area contributed by atoms with Crippen LogP contribution in [0.2, 0.25) is 0 Å². The normalized spacial score (nSPS) is 20.5. The maximum Gasteiger partial charge on any atom is 0.185 e. The molecule has 2 atom stereocenters. The fourth-order valence-corrected chi connectivity index (χ4v) is 3.73. The lowest BCUT2D eigenvalue weighted by molar-refractivity contribution is 0.678. The number of thiazole rings is 1. The zero-order valence-electron chi connectivity index (χ0n) is 12.7. The second-order valence-electron chi connectivity index (χ2n) is 5.52. The summed E-state index contributed by atoms with van der Waals surface area (Å²) in [5.41, 5.74) is 1.46. The molecule has 2 aromatic rings. The van der Waals surface area contributed by atoms with E-state index in [1.165, 1.54) is 16.9 Å². The Morgan fingerprint density at radius 2 is 2.00 bits per heavy atom. The van der Waals surface area contributed by atoms with Crippen LogP contribution in [0.25, 0.3) is 0 Å². The van der Waals surface area contributed by atoms with Crippen molar-refractivity contribution in [2.75, 3.05) is 18.0 Å². The number of aromatic nitrogens is 1. The van der Waals surface area contributed by atoms with E-state index in [0.717, 1.165) is 24.8 Å². The number of hydrogen-bond acceptors (Lipinski definition) is 4. The molecule has 1 N–H and O–H groups in total. The number of benzene rings is 1. The molecule has 1 saturated carbocycles. The first-order valence-electron chi connectivity index (χ1n) is 7.79. The van der Waals surface area contributed by atoms with Gasteiger partial charge in [-0.15, -0.1) is 11.3 Å². The van der Waals surface area contributed by atoms with Crippen molar-refractivity contribution in [2.24, 2.45) is 0 Å². The summed E-state index contributed by atoms with van der Waals surface area (Å²) in [5.74, 6) is 0.696. The van der Waals surface area contributed by atoms with Crippen LogP contribution in [-0.4, -0.2) is 24.1 Å². The van der Waals surface area contributed by atoms with E-state index in [1.807, 2.05) is 17.5 Å². The summed E-state index contributed by atoms with van der Waals surface area (Å²) in [6, 6.07) is 11.4. The zero-order valence-corrected chi connectivity index (χ0v) is 13.6. The fourth-order valence-electron chi connectivity index (χ4n) is 2.74. The van der Waals surface area contributed by atoms with E-state index in [-0.39, 0.29) is 0 Å². The molecule has 1 aliphatic carbocycles. The molecule has 1 aromatic carbocycles. The third-order valence-electron chi connectivity index (χ3n) is 4.13. The van der Waals surface area contributed by atoms with Gasteiger partial charge in [0.05, 0.1) is 0 Å². The highest BCUT2D eigenvalue weighted by molar-refractivity contribution is 7.15. The van der Waals surface area contributed by atoms with Crippen molar-refractivity contribution in [3.8, 4) is 0 Å². The largest absolute Gasteiger partial charge is 0.349 e. The fraction of sp³-hybridized carbons (Fsp3) is 0.471. The molecule has 4 heteroatoms. The van der Waals surface area contributed by atoms with Crippen molar-refractivity contribution in [2.45, 2.75) is 38.8 Å². The second-order valence-corrected chi connectivity index (χ2v) is 6.62. The highest BCUT2D eigenvalue weighted by atomic mass is 32.1. The summed E-state index contributed by atoms with van der Waals surface area (Å²) in [6.07, 6.45) is 3.27. The Balaban J connectivity index is 1.51.